The van der Waals surface area contributed by atoms with E-state index in [1.54, 1.807) is 0 Å². The molecular weight excluding hydrogens is 286 g/mol. The van der Waals surface area contributed by atoms with Crippen LogP contribution in [0, 0.1) is 0 Å². The zero-order valence-electron chi connectivity index (χ0n) is 12.4. The van der Waals surface area contributed by atoms with Crippen LogP contribution in [0.25, 0.3) is 11.0 Å². The fraction of sp³-hybridized carbons (Fsp3) is 0.0526. The van der Waals surface area contributed by atoms with Crippen molar-refractivity contribution in [3.8, 4) is 11.6 Å². The molecule has 0 aliphatic heterocycles. The van der Waals surface area contributed by atoms with Crippen LogP contribution in [0.15, 0.2) is 72.9 Å². The topological polar surface area (TPSA) is 50.8 Å². The van der Waals surface area contributed by atoms with Crippen molar-refractivity contribution in [3.05, 3.63) is 84.3 Å². The second-order valence-electron chi connectivity index (χ2n) is 5.30. The molecule has 2 aromatic carbocycles. The number of hydrogen-bond donors (Lipinski definition) is 1. The summed E-state index contributed by atoms with van der Waals surface area (Å²) in [5, 5.41) is 0. The highest BCUT2D eigenvalue weighted by molar-refractivity contribution is 5.74. The van der Waals surface area contributed by atoms with E-state index in [1.807, 2.05) is 72.9 Å². The first kappa shape index (κ1) is 13.5. The predicted octanol–water partition coefficient (Wildman–Crippen LogP) is 4.34. The van der Waals surface area contributed by atoms with Gasteiger partial charge in [-0.2, -0.15) is 0 Å². The Morgan fingerprint density at radius 2 is 1.70 bits per heavy atom. The molecule has 23 heavy (non-hydrogen) atoms. The SMILES string of the molecule is c1ccc(Oc2ccc(Cc3nc4ccccc4[nH]3)cn2)cc1. The lowest BCUT2D eigenvalue weighted by Crippen LogP contribution is -1.93. The molecular formula is C19H15N3O. The van der Waals surface area contributed by atoms with Gasteiger partial charge in [-0.1, -0.05) is 36.4 Å². The summed E-state index contributed by atoms with van der Waals surface area (Å²) in [7, 11) is 0. The Morgan fingerprint density at radius 3 is 2.48 bits per heavy atom. The number of nitrogens with one attached hydrogen (secondary N) is 1. The lowest BCUT2D eigenvalue weighted by atomic mass is 10.2. The number of H-pyrrole nitrogens is 1. The molecule has 4 aromatic rings. The molecule has 4 nitrogen and oxygen atoms in total. The molecule has 4 rings (SSSR count). The number of imidazole rings is 1. The van der Waals surface area contributed by atoms with Gasteiger partial charge in [0.2, 0.25) is 5.88 Å². The molecule has 2 aromatic heterocycles. The Kier molecular flexibility index (Phi) is 3.48. The van der Waals surface area contributed by atoms with Crippen molar-refractivity contribution in [2.45, 2.75) is 6.42 Å². The van der Waals surface area contributed by atoms with Crippen molar-refractivity contribution in [2.24, 2.45) is 0 Å². The first-order chi connectivity index (χ1) is 11.4. The summed E-state index contributed by atoms with van der Waals surface area (Å²) in [6.07, 6.45) is 2.54. The number of benzene rings is 2. The fourth-order valence-electron chi connectivity index (χ4n) is 2.47. The molecule has 0 saturated carbocycles. The quantitative estimate of drug-likeness (QED) is 0.610. The van der Waals surface area contributed by atoms with Gasteiger partial charge in [0.1, 0.15) is 11.6 Å². The number of aromatic nitrogens is 3. The van der Waals surface area contributed by atoms with Crippen LogP contribution in [0.5, 0.6) is 11.6 Å². The summed E-state index contributed by atoms with van der Waals surface area (Å²) in [5.41, 5.74) is 3.13. The average Bonchev–Trinajstić information content (AvgIpc) is 3.00. The van der Waals surface area contributed by atoms with E-state index >= 15 is 0 Å². The third-order valence-electron chi connectivity index (χ3n) is 3.57. The van der Waals surface area contributed by atoms with E-state index in [9.17, 15) is 0 Å². The second-order valence-corrected chi connectivity index (χ2v) is 5.30. The highest BCUT2D eigenvalue weighted by Gasteiger charge is 2.04. The van der Waals surface area contributed by atoms with Gasteiger partial charge in [0.15, 0.2) is 0 Å². The normalized spacial score (nSPS) is 10.8. The van der Waals surface area contributed by atoms with E-state index in [1.165, 1.54) is 0 Å². The molecule has 0 amide bonds. The number of fused-ring (bicyclic) bond motifs is 1. The van der Waals surface area contributed by atoms with Gasteiger partial charge in [-0.05, 0) is 29.8 Å². The van der Waals surface area contributed by atoms with Gasteiger partial charge in [0, 0.05) is 18.7 Å². The molecule has 0 radical (unpaired) electrons. The highest BCUT2D eigenvalue weighted by Crippen LogP contribution is 2.19. The Balaban J connectivity index is 1.49. The smallest absolute Gasteiger partial charge is 0.219 e. The minimum Gasteiger partial charge on any atom is -0.439 e. The van der Waals surface area contributed by atoms with Gasteiger partial charge in [0.05, 0.1) is 11.0 Å². The molecule has 0 unspecified atom stereocenters. The number of ether oxygens (including phenoxy) is 1. The van der Waals surface area contributed by atoms with Crippen molar-refractivity contribution < 1.29 is 4.74 Å². The van der Waals surface area contributed by atoms with Crippen molar-refractivity contribution >= 4 is 11.0 Å². The first-order valence-corrected chi connectivity index (χ1v) is 7.48. The van der Waals surface area contributed by atoms with Crippen LogP contribution < -0.4 is 4.74 Å². The Morgan fingerprint density at radius 1 is 0.870 bits per heavy atom. The van der Waals surface area contributed by atoms with Gasteiger partial charge in [-0.15, -0.1) is 0 Å². The second kappa shape index (κ2) is 5.93. The molecule has 1 N–H and O–H groups in total. The average molecular weight is 301 g/mol. The van der Waals surface area contributed by atoms with E-state index in [0.29, 0.717) is 12.3 Å². The monoisotopic (exact) mass is 301 g/mol. The van der Waals surface area contributed by atoms with Crippen molar-refractivity contribution in [2.75, 3.05) is 0 Å². The van der Waals surface area contributed by atoms with Crippen LogP contribution >= 0.6 is 0 Å². The lowest BCUT2D eigenvalue weighted by Gasteiger charge is -2.05. The molecule has 0 atom stereocenters. The molecule has 0 spiro atoms. The van der Waals surface area contributed by atoms with Crippen LogP contribution in [0.2, 0.25) is 0 Å². The Bertz CT molecular complexity index is 881. The molecule has 0 aliphatic rings. The van der Waals surface area contributed by atoms with Gasteiger partial charge in [0.25, 0.3) is 0 Å². The number of hydrogen-bond acceptors (Lipinski definition) is 3. The summed E-state index contributed by atoms with van der Waals surface area (Å²) in [6.45, 7) is 0. The third kappa shape index (κ3) is 3.06. The maximum Gasteiger partial charge on any atom is 0.219 e. The summed E-state index contributed by atoms with van der Waals surface area (Å²) in [5.74, 6) is 2.30. The van der Waals surface area contributed by atoms with Gasteiger partial charge in [-0.25, -0.2) is 9.97 Å². The molecule has 2 heterocycles. The minimum atomic E-state index is 0.588. The van der Waals surface area contributed by atoms with Crippen LogP contribution in [-0.2, 0) is 6.42 Å². The molecule has 0 aliphatic carbocycles. The van der Waals surface area contributed by atoms with E-state index in [2.05, 4.69) is 15.0 Å². The third-order valence-corrected chi connectivity index (χ3v) is 3.57. The lowest BCUT2D eigenvalue weighted by molar-refractivity contribution is 0.462. The Labute approximate surface area is 133 Å². The summed E-state index contributed by atoms with van der Waals surface area (Å²) in [6, 6.07) is 21.6. The molecule has 0 bridgehead atoms. The number of nitrogens with zero attached hydrogens (tertiary/aromatic N) is 2. The zero-order chi connectivity index (χ0) is 15.5. The maximum atomic E-state index is 5.70. The van der Waals surface area contributed by atoms with E-state index in [4.69, 9.17) is 4.74 Å². The largest absolute Gasteiger partial charge is 0.439 e. The molecule has 0 saturated heterocycles. The standard InChI is InChI=1S/C19H15N3O/c1-2-6-15(7-3-1)23-19-11-10-14(13-20-19)12-18-21-16-8-4-5-9-17(16)22-18/h1-11,13H,12H2,(H,21,22). The highest BCUT2D eigenvalue weighted by atomic mass is 16.5. The number of pyridine rings is 1. The van der Waals surface area contributed by atoms with Crippen molar-refractivity contribution in [1.29, 1.82) is 0 Å². The van der Waals surface area contributed by atoms with E-state index < -0.39 is 0 Å². The van der Waals surface area contributed by atoms with Crippen LogP contribution in [0.3, 0.4) is 0 Å². The number of para-hydroxylation sites is 3. The molecule has 4 heteroatoms. The van der Waals surface area contributed by atoms with Gasteiger partial charge < -0.3 is 9.72 Å². The summed E-state index contributed by atoms with van der Waals surface area (Å²) in [4.78, 5) is 12.3. The first-order valence-electron chi connectivity index (χ1n) is 7.48. The van der Waals surface area contributed by atoms with Crippen molar-refractivity contribution in [3.63, 3.8) is 0 Å². The van der Waals surface area contributed by atoms with E-state index in [0.717, 1.165) is 28.2 Å². The zero-order valence-corrected chi connectivity index (χ0v) is 12.4. The van der Waals surface area contributed by atoms with Crippen LogP contribution in [0.4, 0.5) is 0 Å². The minimum absolute atomic E-state index is 0.588. The van der Waals surface area contributed by atoms with E-state index in [-0.39, 0.29) is 0 Å². The van der Waals surface area contributed by atoms with Gasteiger partial charge >= 0.3 is 0 Å². The van der Waals surface area contributed by atoms with Gasteiger partial charge in [-0.3, -0.25) is 0 Å². The van der Waals surface area contributed by atoms with Crippen molar-refractivity contribution in [1.82, 2.24) is 15.0 Å². The fourth-order valence-corrected chi connectivity index (χ4v) is 2.47. The predicted molar refractivity (Wildman–Crippen MR) is 89.7 cm³/mol. The maximum absolute atomic E-state index is 5.70. The van der Waals surface area contributed by atoms with Crippen LogP contribution in [0.1, 0.15) is 11.4 Å². The Hall–Kier alpha value is -3.14. The van der Waals surface area contributed by atoms with Crippen LogP contribution in [-0.4, -0.2) is 15.0 Å². The summed E-state index contributed by atoms with van der Waals surface area (Å²) < 4.78 is 5.70. The number of aromatic amines is 1. The molecule has 112 valence electrons. The molecule has 0 fully saturated rings. The summed E-state index contributed by atoms with van der Waals surface area (Å²) >= 11 is 0. The number of rotatable bonds is 4.